The minimum Gasteiger partial charge on any atom is -0.480 e. The largest absolute Gasteiger partial charge is 0.480 e. The average Bonchev–Trinajstić information content (AvgIpc) is 3.16. The first-order valence-corrected chi connectivity index (χ1v) is 15.4. The van der Waals surface area contributed by atoms with Gasteiger partial charge in [0.1, 0.15) is 6.54 Å². The Morgan fingerprint density at radius 2 is 1.76 bits per heavy atom. The molecular weight excluding hydrogens is 466 g/mol. The Bertz CT molecular complexity index is 790. The number of hydrogen-bond donors (Lipinski definition) is 3. The summed E-state index contributed by atoms with van der Waals surface area (Å²) in [6.45, 7) is 12.3. The van der Waals surface area contributed by atoms with Crippen molar-refractivity contribution in [2.75, 3.05) is 19.7 Å². The topological polar surface area (TPSA) is 90.2 Å². The molecule has 3 N–H and O–H groups in total. The number of aliphatic hydroxyl groups is 1. The van der Waals surface area contributed by atoms with Gasteiger partial charge >= 0.3 is 5.97 Å². The maximum absolute atomic E-state index is 12.1. The van der Waals surface area contributed by atoms with E-state index in [-0.39, 0.29) is 24.7 Å². The molecule has 0 heterocycles. The summed E-state index contributed by atoms with van der Waals surface area (Å²) in [5, 5.41) is 31.3. The molecule has 6 nitrogen and oxygen atoms in total. The summed E-state index contributed by atoms with van der Waals surface area (Å²) >= 11 is 0. The smallest absolute Gasteiger partial charge is 0.320 e. The summed E-state index contributed by atoms with van der Waals surface area (Å²) < 4.78 is 6.05. The molecule has 0 amide bonds. The molecule has 4 aliphatic rings. The van der Waals surface area contributed by atoms with Crippen LogP contribution in [0.25, 0.3) is 0 Å². The number of carbonyl (C=O) groups is 1. The van der Waals surface area contributed by atoms with E-state index in [9.17, 15) is 15.1 Å². The zero-order valence-corrected chi connectivity index (χ0v) is 24.3. The standard InChI is InChI=1S/C31H55NO5/c1-21(2)7-6-8-22(3)25-9-10-26-24-12-16-31(35)19-23(37-18-17-32(36)20-28(33)34)11-15-30(31,5)27(24)13-14-29(25,26)4/h21-27,35-36H,6-20H2,1-5H3,(H,33,34)/t22-,23+,24+,25-,26+,27+,29-,30-,31?/m1/s1. The van der Waals surface area contributed by atoms with Gasteiger partial charge in [0.2, 0.25) is 0 Å². The molecule has 0 aromatic carbocycles. The molecule has 0 aromatic rings. The zero-order valence-electron chi connectivity index (χ0n) is 24.3. The summed E-state index contributed by atoms with van der Waals surface area (Å²) in [5.74, 6) is 3.58. The van der Waals surface area contributed by atoms with Crippen LogP contribution in [0.5, 0.6) is 0 Å². The molecule has 9 atom stereocenters. The van der Waals surface area contributed by atoms with Crippen molar-refractivity contribution in [1.82, 2.24) is 5.06 Å². The Hall–Kier alpha value is -0.690. The lowest BCUT2D eigenvalue weighted by Crippen LogP contribution is -2.63. The molecule has 4 aliphatic carbocycles. The summed E-state index contributed by atoms with van der Waals surface area (Å²) in [6, 6.07) is 0. The first kappa shape index (κ1) is 29.3. The van der Waals surface area contributed by atoms with Crippen molar-refractivity contribution in [3.8, 4) is 0 Å². The van der Waals surface area contributed by atoms with Crippen LogP contribution in [0.2, 0.25) is 0 Å². The minimum atomic E-state index is -1.06. The predicted molar refractivity (Wildman–Crippen MR) is 145 cm³/mol. The van der Waals surface area contributed by atoms with Crippen LogP contribution in [0, 0.1) is 46.3 Å². The van der Waals surface area contributed by atoms with Crippen LogP contribution in [0.1, 0.15) is 112 Å². The number of hydrogen-bond acceptors (Lipinski definition) is 5. The van der Waals surface area contributed by atoms with Gasteiger partial charge in [-0.1, -0.05) is 53.9 Å². The molecule has 0 aliphatic heterocycles. The molecule has 0 bridgehead atoms. The third-order valence-electron chi connectivity index (χ3n) is 12.0. The van der Waals surface area contributed by atoms with Crippen molar-refractivity contribution in [3.05, 3.63) is 0 Å². The van der Waals surface area contributed by atoms with E-state index in [1.54, 1.807) is 0 Å². The highest BCUT2D eigenvalue weighted by molar-refractivity contribution is 5.68. The number of nitrogens with zero attached hydrogens (tertiary/aromatic N) is 1. The van der Waals surface area contributed by atoms with Crippen LogP contribution >= 0.6 is 0 Å². The summed E-state index contributed by atoms with van der Waals surface area (Å²) in [5.41, 5.74) is -0.270. The molecule has 1 unspecified atom stereocenters. The second kappa shape index (κ2) is 11.4. The minimum absolute atomic E-state index is 0.0238. The number of carboxylic acids is 1. The lowest BCUT2D eigenvalue weighted by atomic mass is 9.43. The van der Waals surface area contributed by atoms with Gasteiger partial charge in [-0.05, 0) is 97.7 Å². The molecule has 4 saturated carbocycles. The van der Waals surface area contributed by atoms with Crippen molar-refractivity contribution < 1.29 is 25.0 Å². The molecule has 0 aromatic heterocycles. The van der Waals surface area contributed by atoms with Gasteiger partial charge in [-0.2, -0.15) is 5.06 Å². The zero-order chi connectivity index (χ0) is 27.0. The molecule has 4 fully saturated rings. The van der Waals surface area contributed by atoms with Gasteiger partial charge in [0.15, 0.2) is 0 Å². The van der Waals surface area contributed by atoms with Crippen molar-refractivity contribution in [2.24, 2.45) is 46.3 Å². The van der Waals surface area contributed by atoms with Gasteiger partial charge in [0.25, 0.3) is 0 Å². The second-order valence-corrected chi connectivity index (χ2v) is 14.4. The highest BCUT2D eigenvalue weighted by atomic mass is 16.5. The molecule has 214 valence electrons. The Labute approximate surface area is 225 Å². The van der Waals surface area contributed by atoms with Crippen molar-refractivity contribution in [1.29, 1.82) is 0 Å². The molecule has 0 saturated heterocycles. The van der Waals surface area contributed by atoms with Crippen molar-refractivity contribution in [3.63, 3.8) is 0 Å². The van der Waals surface area contributed by atoms with Crippen LogP contribution in [0.15, 0.2) is 0 Å². The summed E-state index contributed by atoms with van der Waals surface area (Å²) in [6.07, 6.45) is 14.0. The fourth-order valence-corrected chi connectivity index (χ4v) is 9.94. The molecule has 4 rings (SSSR count). The molecular formula is C31H55NO5. The van der Waals surface area contributed by atoms with E-state index >= 15 is 0 Å². The number of hydroxylamine groups is 2. The van der Waals surface area contributed by atoms with Crippen LogP contribution in [0.3, 0.4) is 0 Å². The fraction of sp³-hybridized carbons (Fsp3) is 0.968. The van der Waals surface area contributed by atoms with E-state index in [0.29, 0.717) is 17.8 Å². The van der Waals surface area contributed by atoms with Gasteiger partial charge in [0.05, 0.1) is 18.3 Å². The van der Waals surface area contributed by atoms with Gasteiger partial charge in [-0.25, -0.2) is 0 Å². The Morgan fingerprint density at radius 3 is 2.46 bits per heavy atom. The van der Waals surface area contributed by atoms with E-state index in [4.69, 9.17) is 9.84 Å². The molecule has 6 heteroatoms. The van der Waals surface area contributed by atoms with Gasteiger partial charge in [-0.15, -0.1) is 0 Å². The number of rotatable bonds is 11. The van der Waals surface area contributed by atoms with E-state index in [0.717, 1.165) is 60.3 Å². The fourth-order valence-electron chi connectivity index (χ4n) is 9.94. The Morgan fingerprint density at radius 1 is 1.00 bits per heavy atom. The molecule has 0 spiro atoms. The van der Waals surface area contributed by atoms with Gasteiger partial charge in [0, 0.05) is 13.0 Å². The maximum atomic E-state index is 12.1. The van der Waals surface area contributed by atoms with Crippen LogP contribution in [0.4, 0.5) is 0 Å². The summed E-state index contributed by atoms with van der Waals surface area (Å²) in [4.78, 5) is 10.8. The lowest BCUT2D eigenvalue weighted by Gasteiger charge is -2.64. The van der Waals surface area contributed by atoms with Crippen LogP contribution in [-0.4, -0.2) is 57.9 Å². The number of fused-ring (bicyclic) bond motifs is 5. The summed E-state index contributed by atoms with van der Waals surface area (Å²) in [7, 11) is 0. The average molecular weight is 522 g/mol. The van der Waals surface area contributed by atoms with Crippen molar-refractivity contribution in [2.45, 2.75) is 123 Å². The van der Waals surface area contributed by atoms with Gasteiger partial charge < -0.3 is 20.2 Å². The van der Waals surface area contributed by atoms with Crippen molar-refractivity contribution >= 4 is 5.97 Å². The predicted octanol–water partition coefficient (Wildman–Crippen LogP) is 6.38. The molecule has 37 heavy (non-hydrogen) atoms. The Kier molecular flexibility index (Phi) is 9.05. The highest BCUT2D eigenvalue weighted by Crippen LogP contribution is 2.69. The third kappa shape index (κ3) is 5.78. The Balaban J connectivity index is 1.37. The highest BCUT2D eigenvalue weighted by Gasteiger charge is 2.64. The van der Waals surface area contributed by atoms with E-state index in [1.165, 1.54) is 44.9 Å². The SMILES string of the molecule is CC(C)CCC[C@@H](C)[C@H]1CC[C@H]2[C@@H]3CCC4(O)C[C@@H](OCCN(O)CC(=O)O)CC[C@]4(C)[C@H]3CC[C@]12C. The number of carboxylic acid groups (broad SMARTS) is 1. The quantitative estimate of drug-likeness (QED) is 0.273. The number of aliphatic carboxylic acids is 1. The monoisotopic (exact) mass is 521 g/mol. The second-order valence-electron chi connectivity index (χ2n) is 14.4. The van der Waals surface area contributed by atoms with Crippen LogP contribution in [-0.2, 0) is 9.53 Å². The molecule has 0 radical (unpaired) electrons. The van der Waals surface area contributed by atoms with E-state index < -0.39 is 18.1 Å². The van der Waals surface area contributed by atoms with E-state index in [2.05, 4.69) is 34.6 Å². The normalized spacial score (nSPS) is 42.4. The maximum Gasteiger partial charge on any atom is 0.320 e. The third-order valence-corrected chi connectivity index (χ3v) is 12.0. The lowest BCUT2D eigenvalue weighted by molar-refractivity contribution is -0.226. The van der Waals surface area contributed by atoms with Crippen LogP contribution < -0.4 is 0 Å². The van der Waals surface area contributed by atoms with Gasteiger partial charge in [-0.3, -0.25) is 4.79 Å². The number of ether oxygens (including phenoxy) is 1. The van der Waals surface area contributed by atoms with E-state index in [1.807, 2.05) is 0 Å². The first-order chi connectivity index (χ1) is 17.4. The first-order valence-electron chi connectivity index (χ1n) is 15.4.